The summed E-state index contributed by atoms with van der Waals surface area (Å²) in [5.74, 6) is 3.93. The van der Waals surface area contributed by atoms with Gasteiger partial charge in [-0.2, -0.15) is 5.10 Å². The Balaban J connectivity index is 1.44. The van der Waals surface area contributed by atoms with Crippen LogP contribution < -0.4 is 5.43 Å². The third-order valence-corrected chi connectivity index (χ3v) is 7.66. The lowest BCUT2D eigenvalue weighted by molar-refractivity contribution is 0.192. The molecule has 4 aliphatic rings. The van der Waals surface area contributed by atoms with Gasteiger partial charge in [0.2, 0.25) is 0 Å². The molecule has 1 heterocycles. The first-order valence-electron chi connectivity index (χ1n) is 8.09. The maximum Gasteiger partial charge on any atom is 0.129 e. The summed E-state index contributed by atoms with van der Waals surface area (Å²) in [5, 5.41) is 15.6. The van der Waals surface area contributed by atoms with Crippen molar-refractivity contribution >= 4 is 16.8 Å². The summed E-state index contributed by atoms with van der Waals surface area (Å²) < 4.78 is 0. The van der Waals surface area contributed by atoms with Crippen molar-refractivity contribution in [2.24, 2.45) is 28.8 Å². The number of fused-ring (bicyclic) bond motifs is 6. The van der Waals surface area contributed by atoms with E-state index >= 15 is 0 Å². The molecule has 5 atom stereocenters. The molecule has 4 heteroatoms. The molecular weight excluding hydrogens is 280 g/mol. The van der Waals surface area contributed by atoms with Crippen LogP contribution in [0.5, 0.6) is 5.75 Å². The Kier molecular flexibility index (Phi) is 2.47. The SMILES string of the molecule is Oc1ccccc1C1=NN[C@]2(C[C@H]3C[C@H]2[C@H]2CCC[C@@H]32)S1. The summed E-state index contributed by atoms with van der Waals surface area (Å²) in [4.78, 5) is 0.119. The van der Waals surface area contributed by atoms with Crippen LogP contribution in [0.25, 0.3) is 0 Å². The summed E-state index contributed by atoms with van der Waals surface area (Å²) in [5.41, 5.74) is 4.36. The molecule has 0 unspecified atom stereocenters. The van der Waals surface area contributed by atoms with Gasteiger partial charge >= 0.3 is 0 Å². The molecule has 0 aromatic heterocycles. The molecule has 3 nitrogen and oxygen atoms in total. The molecule has 1 spiro atoms. The van der Waals surface area contributed by atoms with Crippen molar-refractivity contribution in [1.82, 2.24) is 5.43 Å². The van der Waals surface area contributed by atoms with Crippen molar-refractivity contribution in [2.45, 2.75) is 37.0 Å². The maximum absolute atomic E-state index is 10.1. The van der Waals surface area contributed by atoms with Gasteiger partial charge in [0.05, 0.1) is 5.56 Å². The van der Waals surface area contributed by atoms with Gasteiger partial charge < -0.3 is 5.11 Å². The number of hydrazone groups is 1. The normalized spacial score (nSPS) is 43.1. The monoisotopic (exact) mass is 300 g/mol. The van der Waals surface area contributed by atoms with Crippen LogP contribution in [-0.4, -0.2) is 15.0 Å². The van der Waals surface area contributed by atoms with Crippen LogP contribution in [0, 0.1) is 23.7 Å². The first kappa shape index (κ1) is 12.4. The second-order valence-corrected chi connectivity index (χ2v) is 8.42. The summed E-state index contributed by atoms with van der Waals surface area (Å²) in [6.45, 7) is 0. The highest BCUT2D eigenvalue weighted by molar-refractivity contribution is 8.15. The van der Waals surface area contributed by atoms with Crippen molar-refractivity contribution in [3.8, 4) is 5.75 Å². The molecule has 1 aliphatic heterocycles. The summed E-state index contributed by atoms with van der Waals surface area (Å²) in [7, 11) is 0. The predicted molar refractivity (Wildman–Crippen MR) is 85.1 cm³/mol. The van der Waals surface area contributed by atoms with E-state index in [9.17, 15) is 5.11 Å². The zero-order valence-corrected chi connectivity index (χ0v) is 12.8. The number of hydrogen-bond donors (Lipinski definition) is 2. The van der Waals surface area contributed by atoms with Crippen LogP contribution in [0.4, 0.5) is 0 Å². The molecular formula is C17H20N2OS. The predicted octanol–water partition coefficient (Wildman–Crippen LogP) is 3.54. The fraction of sp³-hybridized carbons (Fsp3) is 0.588. The van der Waals surface area contributed by atoms with Crippen molar-refractivity contribution < 1.29 is 5.11 Å². The van der Waals surface area contributed by atoms with Gasteiger partial charge in [0, 0.05) is 0 Å². The lowest BCUT2D eigenvalue weighted by Gasteiger charge is -2.38. The van der Waals surface area contributed by atoms with E-state index in [0.29, 0.717) is 5.75 Å². The van der Waals surface area contributed by atoms with E-state index in [0.717, 1.165) is 34.3 Å². The van der Waals surface area contributed by atoms with Crippen molar-refractivity contribution in [3.63, 3.8) is 0 Å². The van der Waals surface area contributed by atoms with Crippen molar-refractivity contribution in [1.29, 1.82) is 0 Å². The second-order valence-electron chi connectivity index (χ2n) is 7.10. The van der Waals surface area contributed by atoms with E-state index in [1.54, 1.807) is 6.07 Å². The minimum absolute atomic E-state index is 0.119. The zero-order valence-electron chi connectivity index (χ0n) is 12.0. The highest BCUT2D eigenvalue weighted by Crippen LogP contribution is 2.66. The number of nitrogens with zero attached hydrogens (tertiary/aromatic N) is 1. The number of nitrogens with one attached hydrogen (secondary N) is 1. The van der Waals surface area contributed by atoms with Gasteiger partial charge in [-0.05, 0) is 61.5 Å². The van der Waals surface area contributed by atoms with E-state index in [1.807, 2.05) is 30.0 Å². The lowest BCUT2D eigenvalue weighted by atomic mass is 9.79. The summed E-state index contributed by atoms with van der Waals surface area (Å²) >= 11 is 1.88. The van der Waals surface area contributed by atoms with E-state index in [2.05, 4.69) is 10.5 Å². The molecule has 1 aromatic carbocycles. The molecule has 1 aromatic rings. The molecule has 3 saturated carbocycles. The Labute approximate surface area is 129 Å². The van der Waals surface area contributed by atoms with Crippen molar-refractivity contribution in [3.05, 3.63) is 29.8 Å². The van der Waals surface area contributed by atoms with Gasteiger partial charge in [0.15, 0.2) is 0 Å². The molecule has 2 bridgehead atoms. The lowest BCUT2D eigenvalue weighted by Crippen LogP contribution is -2.45. The first-order chi connectivity index (χ1) is 10.3. The van der Waals surface area contributed by atoms with Crippen LogP contribution in [-0.2, 0) is 0 Å². The van der Waals surface area contributed by atoms with E-state index < -0.39 is 0 Å². The van der Waals surface area contributed by atoms with Gasteiger partial charge in [-0.3, -0.25) is 5.43 Å². The summed E-state index contributed by atoms with van der Waals surface area (Å²) in [6.07, 6.45) is 6.95. The van der Waals surface area contributed by atoms with Gasteiger partial charge in [-0.25, -0.2) is 0 Å². The number of para-hydroxylation sites is 1. The van der Waals surface area contributed by atoms with Crippen LogP contribution in [0.15, 0.2) is 29.4 Å². The molecule has 110 valence electrons. The molecule has 0 amide bonds. The topological polar surface area (TPSA) is 44.6 Å². The van der Waals surface area contributed by atoms with Crippen LogP contribution in [0.3, 0.4) is 0 Å². The fourth-order valence-electron chi connectivity index (χ4n) is 5.47. The number of hydrogen-bond acceptors (Lipinski definition) is 4. The Morgan fingerprint density at radius 2 is 2.10 bits per heavy atom. The van der Waals surface area contributed by atoms with Gasteiger partial charge in [-0.1, -0.05) is 30.3 Å². The van der Waals surface area contributed by atoms with Gasteiger partial charge in [0.1, 0.15) is 15.7 Å². The number of thioether (sulfide) groups is 1. The zero-order chi connectivity index (χ0) is 14.0. The average molecular weight is 300 g/mol. The molecule has 0 saturated heterocycles. The minimum Gasteiger partial charge on any atom is -0.507 e. The van der Waals surface area contributed by atoms with E-state index in [-0.39, 0.29) is 4.87 Å². The molecule has 0 radical (unpaired) electrons. The minimum atomic E-state index is 0.119. The number of aromatic hydroxyl groups is 1. The molecule has 3 fully saturated rings. The Morgan fingerprint density at radius 1 is 1.24 bits per heavy atom. The second kappa shape index (κ2) is 4.19. The average Bonchev–Trinajstić information content (AvgIpc) is 3.22. The molecule has 3 aliphatic carbocycles. The number of rotatable bonds is 1. The first-order valence-corrected chi connectivity index (χ1v) is 8.91. The Hall–Kier alpha value is -1.16. The highest BCUT2D eigenvalue weighted by Gasteiger charge is 2.63. The largest absolute Gasteiger partial charge is 0.507 e. The third-order valence-electron chi connectivity index (χ3n) is 6.23. The number of phenolic OH excluding ortho intramolecular Hbond substituents is 1. The van der Waals surface area contributed by atoms with Crippen LogP contribution >= 0.6 is 11.8 Å². The van der Waals surface area contributed by atoms with Crippen LogP contribution in [0.1, 0.15) is 37.7 Å². The number of benzene rings is 1. The smallest absolute Gasteiger partial charge is 0.129 e. The molecule has 2 N–H and O–H groups in total. The third kappa shape index (κ3) is 1.60. The van der Waals surface area contributed by atoms with Crippen molar-refractivity contribution in [2.75, 3.05) is 0 Å². The Morgan fingerprint density at radius 3 is 3.00 bits per heavy atom. The van der Waals surface area contributed by atoms with Gasteiger partial charge in [0.25, 0.3) is 0 Å². The Bertz CT molecular complexity index is 631. The standard InChI is InChI=1S/C17H20N2OS/c20-15-7-2-1-4-13(15)16-18-19-17(21-16)9-10-8-14(17)12-6-3-5-11(10)12/h1-2,4,7,10-12,14,19-20H,3,5-6,8-9H2/t10-,11+,12+,14+,17-/m1/s1. The van der Waals surface area contributed by atoms with E-state index in [1.165, 1.54) is 32.1 Å². The van der Waals surface area contributed by atoms with E-state index in [4.69, 9.17) is 0 Å². The maximum atomic E-state index is 10.1. The number of phenols is 1. The van der Waals surface area contributed by atoms with Crippen LogP contribution in [0.2, 0.25) is 0 Å². The quantitative estimate of drug-likeness (QED) is 0.834. The molecule has 5 rings (SSSR count). The van der Waals surface area contributed by atoms with Gasteiger partial charge in [-0.15, -0.1) is 0 Å². The highest BCUT2D eigenvalue weighted by atomic mass is 32.2. The fourth-order valence-corrected chi connectivity index (χ4v) is 7.00. The summed E-state index contributed by atoms with van der Waals surface area (Å²) in [6, 6.07) is 7.55. The molecule has 21 heavy (non-hydrogen) atoms.